The SMILES string of the molecule is CCCN(C(=O)c1cc(F)cc(CNc2cc(Oc3ccccc3)ccc2[N+](=O)[O-])c1)C1CCCCC1. The molecule has 0 bridgehead atoms. The molecule has 0 aliphatic heterocycles. The van der Waals surface area contributed by atoms with Crippen molar-refractivity contribution in [1.82, 2.24) is 4.90 Å². The van der Waals surface area contributed by atoms with E-state index >= 15 is 0 Å². The third-order valence-electron chi connectivity index (χ3n) is 6.57. The predicted octanol–water partition coefficient (Wildman–Crippen LogP) is 7.32. The minimum absolute atomic E-state index is 0.102. The second-order valence-electron chi connectivity index (χ2n) is 9.34. The second-order valence-corrected chi connectivity index (χ2v) is 9.34. The van der Waals surface area contributed by atoms with Gasteiger partial charge in [0.05, 0.1) is 4.92 Å². The molecule has 0 saturated heterocycles. The highest BCUT2D eigenvalue weighted by molar-refractivity contribution is 5.94. The highest BCUT2D eigenvalue weighted by atomic mass is 19.1. The van der Waals surface area contributed by atoms with Gasteiger partial charge >= 0.3 is 0 Å². The smallest absolute Gasteiger partial charge is 0.292 e. The lowest BCUT2D eigenvalue weighted by molar-refractivity contribution is -0.384. The van der Waals surface area contributed by atoms with Crippen molar-refractivity contribution in [3.8, 4) is 11.5 Å². The maximum absolute atomic E-state index is 14.6. The van der Waals surface area contributed by atoms with E-state index in [2.05, 4.69) is 5.32 Å². The molecule has 0 heterocycles. The number of carbonyl (C=O) groups is 1. The summed E-state index contributed by atoms with van der Waals surface area (Å²) in [5.41, 5.74) is 0.934. The van der Waals surface area contributed by atoms with E-state index in [0.717, 1.165) is 32.1 Å². The first-order chi connectivity index (χ1) is 17.9. The quantitative estimate of drug-likeness (QED) is 0.230. The van der Waals surface area contributed by atoms with Crippen molar-refractivity contribution in [3.05, 3.63) is 93.8 Å². The van der Waals surface area contributed by atoms with Crippen LogP contribution in [-0.2, 0) is 6.54 Å². The number of anilines is 1. The summed E-state index contributed by atoms with van der Waals surface area (Å²) in [4.78, 5) is 26.4. The summed E-state index contributed by atoms with van der Waals surface area (Å²) in [6.45, 7) is 2.77. The third-order valence-corrected chi connectivity index (χ3v) is 6.57. The molecule has 0 atom stereocenters. The van der Waals surface area contributed by atoms with Gasteiger partial charge in [-0.1, -0.05) is 44.4 Å². The first kappa shape index (κ1) is 26.1. The van der Waals surface area contributed by atoms with Crippen LogP contribution in [-0.4, -0.2) is 28.3 Å². The fourth-order valence-corrected chi connectivity index (χ4v) is 4.83. The Bertz CT molecular complexity index is 1230. The van der Waals surface area contributed by atoms with E-state index in [4.69, 9.17) is 4.74 Å². The maximum Gasteiger partial charge on any atom is 0.292 e. The van der Waals surface area contributed by atoms with Crippen LogP contribution in [0.3, 0.4) is 0 Å². The maximum atomic E-state index is 14.6. The number of benzene rings is 3. The minimum atomic E-state index is -0.515. The number of nitro groups is 1. The number of ether oxygens (including phenoxy) is 1. The van der Waals surface area contributed by atoms with Crippen LogP contribution in [0.5, 0.6) is 11.5 Å². The molecule has 1 N–H and O–H groups in total. The predicted molar refractivity (Wildman–Crippen MR) is 142 cm³/mol. The van der Waals surface area contributed by atoms with Crippen molar-refractivity contribution >= 4 is 17.3 Å². The van der Waals surface area contributed by atoms with Gasteiger partial charge in [0.2, 0.25) is 0 Å². The van der Waals surface area contributed by atoms with Gasteiger partial charge in [0, 0.05) is 36.8 Å². The first-order valence-corrected chi connectivity index (χ1v) is 12.8. The van der Waals surface area contributed by atoms with Crippen LogP contribution in [0.2, 0.25) is 0 Å². The number of carbonyl (C=O) groups excluding carboxylic acids is 1. The molecule has 7 nitrogen and oxygen atoms in total. The number of halogens is 1. The van der Waals surface area contributed by atoms with Gasteiger partial charge in [-0.3, -0.25) is 14.9 Å². The monoisotopic (exact) mass is 505 g/mol. The summed E-state index contributed by atoms with van der Waals surface area (Å²) in [6, 6.07) is 18.0. The minimum Gasteiger partial charge on any atom is -0.457 e. The number of nitro benzene ring substituents is 1. The molecule has 0 spiro atoms. The van der Waals surface area contributed by atoms with Crippen molar-refractivity contribution in [2.24, 2.45) is 0 Å². The van der Waals surface area contributed by atoms with Gasteiger partial charge in [-0.15, -0.1) is 0 Å². The van der Waals surface area contributed by atoms with Crippen molar-refractivity contribution < 1.29 is 18.8 Å². The number of amides is 1. The van der Waals surface area contributed by atoms with Crippen molar-refractivity contribution in [3.63, 3.8) is 0 Å². The van der Waals surface area contributed by atoms with Crippen LogP contribution in [0.1, 0.15) is 61.4 Å². The summed E-state index contributed by atoms with van der Waals surface area (Å²) in [5.74, 6) is 0.347. The van der Waals surface area contributed by atoms with E-state index in [1.807, 2.05) is 30.0 Å². The van der Waals surface area contributed by atoms with Gasteiger partial charge in [0.1, 0.15) is 23.0 Å². The normalized spacial score (nSPS) is 13.7. The fraction of sp³-hybridized carbons (Fsp3) is 0.345. The van der Waals surface area contributed by atoms with Crippen LogP contribution < -0.4 is 10.1 Å². The molecule has 37 heavy (non-hydrogen) atoms. The van der Waals surface area contributed by atoms with Gasteiger partial charge in [-0.05, 0) is 61.2 Å². The second kappa shape index (κ2) is 12.3. The number of hydrogen-bond donors (Lipinski definition) is 1. The zero-order chi connectivity index (χ0) is 26.2. The number of hydrogen-bond acceptors (Lipinski definition) is 5. The van der Waals surface area contributed by atoms with Crippen LogP contribution in [0.15, 0.2) is 66.7 Å². The van der Waals surface area contributed by atoms with Crippen molar-refractivity contribution in [2.45, 2.75) is 58.0 Å². The van der Waals surface area contributed by atoms with Crippen LogP contribution in [0.25, 0.3) is 0 Å². The Morgan fingerprint density at radius 2 is 1.81 bits per heavy atom. The lowest BCUT2D eigenvalue weighted by Gasteiger charge is -2.34. The van der Waals surface area contributed by atoms with E-state index < -0.39 is 10.7 Å². The molecule has 1 aliphatic rings. The Hall–Kier alpha value is -3.94. The average molecular weight is 506 g/mol. The lowest BCUT2D eigenvalue weighted by Crippen LogP contribution is -2.42. The van der Waals surface area contributed by atoms with E-state index in [-0.39, 0.29) is 29.9 Å². The van der Waals surface area contributed by atoms with E-state index in [9.17, 15) is 19.3 Å². The molecule has 194 valence electrons. The van der Waals surface area contributed by atoms with E-state index in [0.29, 0.717) is 29.2 Å². The van der Waals surface area contributed by atoms with Gasteiger partial charge in [-0.25, -0.2) is 4.39 Å². The molecule has 1 amide bonds. The van der Waals surface area contributed by atoms with E-state index in [1.54, 1.807) is 24.3 Å². The Morgan fingerprint density at radius 3 is 2.51 bits per heavy atom. The molecular weight excluding hydrogens is 473 g/mol. The van der Waals surface area contributed by atoms with Crippen LogP contribution >= 0.6 is 0 Å². The topological polar surface area (TPSA) is 84.7 Å². The first-order valence-electron chi connectivity index (χ1n) is 12.8. The Labute approximate surface area is 216 Å². The third kappa shape index (κ3) is 6.84. The summed E-state index contributed by atoms with van der Waals surface area (Å²) in [7, 11) is 0. The Morgan fingerprint density at radius 1 is 1.05 bits per heavy atom. The summed E-state index contributed by atoms with van der Waals surface area (Å²) < 4.78 is 20.4. The largest absolute Gasteiger partial charge is 0.457 e. The fourth-order valence-electron chi connectivity index (χ4n) is 4.83. The zero-order valence-electron chi connectivity index (χ0n) is 21.0. The molecule has 3 aromatic rings. The molecule has 3 aromatic carbocycles. The van der Waals surface area contributed by atoms with Gasteiger partial charge < -0.3 is 15.0 Å². The highest BCUT2D eigenvalue weighted by Gasteiger charge is 2.26. The lowest BCUT2D eigenvalue weighted by atomic mass is 9.93. The van der Waals surface area contributed by atoms with Gasteiger partial charge in [0.25, 0.3) is 11.6 Å². The molecule has 0 aromatic heterocycles. The Kier molecular flexibility index (Phi) is 8.72. The number of rotatable bonds is 10. The van der Waals surface area contributed by atoms with Crippen molar-refractivity contribution in [1.29, 1.82) is 0 Å². The summed E-state index contributed by atoms with van der Waals surface area (Å²) >= 11 is 0. The molecule has 1 aliphatic carbocycles. The van der Waals surface area contributed by atoms with E-state index in [1.165, 1.54) is 30.7 Å². The summed E-state index contributed by atoms with van der Waals surface area (Å²) in [6.07, 6.45) is 6.16. The number of para-hydroxylation sites is 1. The van der Waals surface area contributed by atoms with Crippen LogP contribution in [0.4, 0.5) is 15.8 Å². The molecule has 8 heteroatoms. The Balaban J connectivity index is 1.53. The summed E-state index contributed by atoms with van der Waals surface area (Å²) in [5, 5.41) is 14.6. The van der Waals surface area contributed by atoms with Gasteiger partial charge in [-0.2, -0.15) is 0 Å². The van der Waals surface area contributed by atoms with Gasteiger partial charge in [0.15, 0.2) is 0 Å². The number of nitrogens with one attached hydrogen (secondary N) is 1. The molecule has 0 unspecified atom stereocenters. The standard InChI is InChI=1S/C29H32FN3O4/c1-2-15-32(24-9-5-3-6-10-24)29(34)22-16-21(17-23(30)18-22)20-31-27-19-26(13-14-28(27)33(35)36)37-25-11-7-4-8-12-25/h4,7-8,11-14,16-19,24,31H,2-3,5-6,9-10,15,20H2,1H3. The number of nitrogens with zero attached hydrogens (tertiary/aromatic N) is 2. The molecular formula is C29H32FN3O4. The molecule has 1 saturated carbocycles. The average Bonchev–Trinajstić information content (AvgIpc) is 2.91. The van der Waals surface area contributed by atoms with Crippen molar-refractivity contribution in [2.75, 3.05) is 11.9 Å². The van der Waals surface area contributed by atoms with Crippen LogP contribution in [0, 0.1) is 15.9 Å². The molecule has 4 rings (SSSR count). The molecule has 0 radical (unpaired) electrons. The highest BCUT2D eigenvalue weighted by Crippen LogP contribution is 2.32. The molecule has 1 fully saturated rings. The zero-order valence-corrected chi connectivity index (χ0v) is 21.0.